The maximum Gasteiger partial charge on any atom is 0.0991 e. The second-order valence-corrected chi connectivity index (χ2v) is 5.72. The van der Waals surface area contributed by atoms with E-state index in [-0.39, 0.29) is 12.1 Å². The van der Waals surface area contributed by atoms with Crippen LogP contribution in [-0.2, 0) is 11.2 Å². The Morgan fingerprint density at radius 1 is 1.37 bits per heavy atom. The zero-order valence-corrected chi connectivity index (χ0v) is 10.8. The molecule has 0 radical (unpaired) electrons. The summed E-state index contributed by atoms with van der Waals surface area (Å²) in [6.07, 6.45) is 2.03. The standard InChI is InChI=1S/C15H18N2O2/c16-8-12-3-1-2-11(4-12)5-15(18)6-13-9-19-10-14(7-15)17-13/h1-4,13-14,17-18H,5-7,9-10H2. The molecular formula is C15H18N2O2. The fourth-order valence-electron chi connectivity index (χ4n) is 3.29. The van der Waals surface area contributed by atoms with E-state index < -0.39 is 5.60 Å². The number of aliphatic hydroxyl groups is 1. The summed E-state index contributed by atoms with van der Waals surface area (Å²) in [4.78, 5) is 0. The molecule has 100 valence electrons. The van der Waals surface area contributed by atoms with E-state index in [1.54, 1.807) is 6.07 Å². The third-order valence-electron chi connectivity index (χ3n) is 3.95. The lowest BCUT2D eigenvalue weighted by molar-refractivity contribution is -0.0755. The molecule has 0 aliphatic carbocycles. The molecule has 19 heavy (non-hydrogen) atoms. The molecule has 2 N–H and O–H groups in total. The number of nitrogens with zero attached hydrogens (tertiary/aromatic N) is 1. The van der Waals surface area contributed by atoms with E-state index >= 15 is 0 Å². The molecule has 2 bridgehead atoms. The van der Waals surface area contributed by atoms with Gasteiger partial charge >= 0.3 is 0 Å². The van der Waals surface area contributed by atoms with Crippen molar-refractivity contribution in [3.8, 4) is 6.07 Å². The number of piperidine rings is 1. The van der Waals surface area contributed by atoms with E-state index in [4.69, 9.17) is 10.00 Å². The van der Waals surface area contributed by atoms with Gasteiger partial charge in [0.1, 0.15) is 0 Å². The van der Waals surface area contributed by atoms with Crippen molar-refractivity contribution in [1.29, 1.82) is 5.26 Å². The number of hydrogen-bond acceptors (Lipinski definition) is 4. The molecule has 0 amide bonds. The minimum absolute atomic E-state index is 0.247. The van der Waals surface area contributed by atoms with Crippen molar-refractivity contribution in [2.75, 3.05) is 13.2 Å². The van der Waals surface area contributed by atoms with Gasteiger partial charge in [-0.2, -0.15) is 5.26 Å². The maximum absolute atomic E-state index is 10.8. The Morgan fingerprint density at radius 3 is 2.79 bits per heavy atom. The quantitative estimate of drug-likeness (QED) is 0.830. The topological polar surface area (TPSA) is 65.3 Å². The summed E-state index contributed by atoms with van der Waals surface area (Å²) in [5.74, 6) is 0. The summed E-state index contributed by atoms with van der Waals surface area (Å²) < 4.78 is 5.50. The summed E-state index contributed by atoms with van der Waals surface area (Å²) in [5, 5.41) is 23.2. The molecule has 2 saturated heterocycles. The third-order valence-corrected chi connectivity index (χ3v) is 3.95. The van der Waals surface area contributed by atoms with E-state index in [1.807, 2.05) is 18.2 Å². The summed E-state index contributed by atoms with van der Waals surface area (Å²) in [6.45, 7) is 1.36. The van der Waals surface area contributed by atoms with Crippen LogP contribution in [0.25, 0.3) is 0 Å². The van der Waals surface area contributed by atoms with Gasteiger partial charge in [-0.15, -0.1) is 0 Å². The molecule has 2 atom stereocenters. The number of benzene rings is 1. The van der Waals surface area contributed by atoms with Gasteiger partial charge in [0.2, 0.25) is 0 Å². The Morgan fingerprint density at radius 2 is 2.11 bits per heavy atom. The number of morpholine rings is 1. The van der Waals surface area contributed by atoms with Crippen molar-refractivity contribution >= 4 is 0 Å². The van der Waals surface area contributed by atoms with Crippen LogP contribution < -0.4 is 5.32 Å². The highest BCUT2D eigenvalue weighted by molar-refractivity contribution is 5.33. The number of fused-ring (bicyclic) bond motifs is 2. The number of hydrogen-bond donors (Lipinski definition) is 2. The third kappa shape index (κ3) is 2.79. The SMILES string of the molecule is N#Cc1cccc(CC2(O)CC3COCC(C2)N3)c1. The van der Waals surface area contributed by atoms with Gasteiger partial charge in [-0.3, -0.25) is 0 Å². The van der Waals surface area contributed by atoms with Crippen LogP contribution in [0.3, 0.4) is 0 Å². The van der Waals surface area contributed by atoms with Gasteiger partial charge in [-0.25, -0.2) is 0 Å². The first-order valence-corrected chi connectivity index (χ1v) is 6.72. The van der Waals surface area contributed by atoms with E-state index in [0.29, 0.717) is 38.0 Å². The predicted octanol–water partition coefficient (Wildman–Crippen LogP) is 0.983. The molecule has 2 aliphatic rings. The fraction of sp³-hybridized carbons (Fsp3) is 0.533. The molecule has 0 spiro atoms. The normalized spacial score (nSPS) is 33.7. The van der Waals surface area contributed by atoms with Gasteiger partial charge in [-0.05, 0) is 30.5 Å². The van der Waals surface area contributed by atoms with Crippen LogP contribution in [-0.4, -0.2) is 36.0 Å². The molecule has 2 heterocycles. The van der Waals surface area contributed by atoms with Crippen molar-refractivity contribution in [3.63, 3.8) is 0 Å². The second kappa shape index (κ2) is 4.93. The van der Waals surface area contributed by atoms with Crippen LogP contribution in [0.15, 0.2) is 24.3 Å². The summed E-state index contributed by atoms with van der Waals surface area (Å²) in [5.41, 5.74) is 0.999. The molecule has 1 aromatic rings. The first kappa shape index (κ1) is 12.6. The monoisotopic (exact) mass is 258 g/mol. The van der Waals surface area contributed by atoms with Gasteiger partial charge in [-0.1, -0.05) is 12.1 Å². The zero-order chi connectivity index (χ0) is 13.3. The lowest BCUT2D eigenvalue weighted by atomic mass is 9.79. The molecule has 4 heteroatoms. The predicted molar refractivity (Wildman–Crippen MR) is 70.6 cm³/mol. The first-order valence-electron chi connectivity index (χ1n) is 6.72. The molecule has 4 nitrogen and oxygen atoms in total. The zero-order valence-electron chi connectivity index (χ0n) is 10.8. The Kier molecular flexibility index (Phi) is 3.28. The van der Waals surface area contributed by atoms with Crippen molar-refractivity contribution in [2.24, 2.45) is 0 Å². The molecule has 2 aliphatic heterocycles. The van der Waals surface area contributed by atoms with Gasteiger partial charge in [0, 0.05) is 18.5 Å². The Balaban J connectivity index is 1.76. The van der Waals surface area contributed by atoms with E-state index in [2.05, 4.69) is 11.4 Å². The summed E-state index contributed by atoms with van der Waals surface area (Å²) in [6, 6.07) is 10.2. The molecular weight excluding hydrogens is 240 g/mol. The van der Waals surface area contributed by atoms with Gasteiger partial charge in [0.25, 0.3) is 0 Å². The lowest BCUT2D eigenvalue weighted by Gasteiger charge is -2.45. The van der Waals surface area contributed by atoms with Gasteiger partial charge in [0.05, 0.1) is 30.4 Å². The molecule has 3 rings (SSSR count). The highest BCUT2D eigenvalue weighted by Crippen LogP contribution is 2.31. The van der Waals surface area contributed by atoms with Crippen LogP contribution >= 0.6 is 0 Å². The molecule has 0 saturated carbocycles. The molecule has 0 aromatic heterocycles. The van der Waals surface area contributed by atoms with E-state index in [1.165, 1.54) is 0 Å². The fourth-order valence-corrected chi connectivity index (χ4v) is 3.29. The largest absolute Gasteiger partial charge is 0.389 e. The minimum Gasteiger partial charge on any atom is -0.389 e. The van der Waals surface area contributed by atoms with Crippen LogP contribution in [0.4, 0.5) is 0 Å². The highest BCUT2D eigenvalue weighted by atomic mass is 16.5. The first-order chi connectivity index (χ1) is 9.17. The molecule has 2 unspecified atom stereocenters. The van der Waals surface area contributed by atoms with Crippen LogP contribution in [0.2, 0.25) is 0 Å². The smallest absolute Gasteiger partial charge is 0.0991 e. The molecule has 1 aromatic carbocycles. The Bertz CT molecular complexity index is 497. The van der Waals surface area contributed by atoms with Crippen LogP contribution in [0, 0.1) is 11.3 Å². The lowest BCUT2D eigenvalue weighted by Crippen LogP contribution is -2.60. The second-order valence-electron chi connectivity index (χ2n) is 5.72. The summed E-state index contributed by atoms with van der Waals surface area (Å²) in [7, 11) is 0. The van der Waals surface area contributed by atoms with Gasteiger partial charge < -0.3 is 15.2 Å². The Hall–Kier alpha value is -1.41. The highest BCUT2D eigenvalue weighted by Gasteiger charge is 2.41. The van der Waals surface area contributed by atoms with Crippen LogP contribution in [0.1, 0.15) is 24.0 Å². The Labute approximate surface area is 113 Å². The average Bonchev–Trinajstić information content (AvgIpc) is 2.37. The summed E-state index contributed by atoms with van der Waals surface area (Å²) >= 11 is 0. The van der Waals surface area contributed by atoms with E-state index in [0.717, 1.165) is 5.56 Å². The average molecular weight is 258 g/mol. The number of ether oxygens (including phenoxy) is 1. The van der Waals surface area contributed by atoms with Crippen LogP contribution in [0.5, 0.6) is 0 Å². The number of nitriles is 1. The maximum atomic E-state index is 10.8. The van der Waals surface area contributed by atoms with Gasteiger partial charge in [0.15, 0.2) is 0 Å². The number of nitrogens with one attached hydrogen (secondary N) is 1. The number of rotatable bonds is 2. The van der Waals surface area contributed by atoms with Crippen molar-refractivity contribution in [2.45, 2.75) is 36.9 Å². The van der Waals surface area contributed by atoms with E-state index in [9.17, 15) is 5.11 Å². The molecule has 2 fully saturated rings. The van der Waals surface area contributed by atoms with Crippen molar-refractivity contribution < 1.29 is 9.84 Å². The van der Waals surface area contributed by atoms with Crippen molar-refractivity contribution in [1.82, 2.24) is 5.32 Å². The minimum atomic E-state index is -0.682. The van der Waals surface area contributed by atoms with Crippen molar-refractivity contribution in [3.05, 3.63) is 35.4 Å².